The molecule has 3 rings (SSSR count). The number of carbonyl (C=O) groups excluding carboxylic acids is 2. The first-order valence-electron chi connectivity index (χ1n) is 10.6. The standard InChI is InChI=1S/C25H29N3O3/c1-17(2)9-14-23(29)26-16-22-18(3)31-25(28-22)20-10-12-21(13-11-20)27-24(30)15-19-7-5-4-6-8-19/h4-8,10-13,17H,9,14-16H2,1-3H3,(H,26,29)(H,27,30). The zero-order valence-electron chi connectivity index (χ0n) is 18.3. The maximum absolute atomic E-state index is 12.2. The molecular formula is C25H29N3O3. The Morgan fingerprint density at radius 3 is 2.39 bits per heavy atom. The van der Waals surface area contributed by atoms with Crippen molar-refractivity contribution >= 4 is 17.5 Å². The molecule has 31 heavy (non-hydrogen) atoms. The van der Waals surface area contributed by atoms with Crippen LogP contribution in [0.25, 0.3) is 11.5 Å². The van der Waals surface area contributed by atoms with Crippen LogP contribution in [0.2, 0.25) is 0 Å². The predicted octanol–water partition coefficient (Wildman–Crippen LogP) is 4.88. The van der Waals surface area contributed by atoms with Crippen LogP contribution in [-0.4, -0.2) is 16.8 Å². The van der Waals surface area contributed by atoms with Crippen LogP contribution in [0.3, 0.4) is 0 Å². The quantitative estimate of drug-likeness (QED) is 0.517. The Bertz CT molecular complexity index is 1010. The first-order valence-corrected chi connectivity index (χ1v) is 10.6. The lowest BCUT2D eigenvalue weighted by atomic mass is 10.1. The summed E-state index contributed by atoms with van der Waals surface area (Å²) in [5, 5.41) is 5.80. The van der Waals surface area contributed by atoms with E-state index in [0.29, 0.717) is 48.3 Å². The van der Waals surface area contributed by atoms with Crippen LogP contribution >= 0.6 is 0 Å². The van der Waals surface area contributed by atoms with Gasteiger partial charge < -0.3 is 15.1 Å². The number of oxazole rings is 1. The van der Waals surface area contributed by atoms with Crippen molar-refractivity contribution in [2.24, 2.45) is 5.92 Å². The SMILES string of the molecule is Cc1oc(-c2ccc(NC(=O)Cc3ccccc3)cc2)nc1CNC(=O)CCC(C)C. The average Bonchev–Trinajstić information content (AvgIpc) is 3.12. The molecule has 0 spiro atoms. The second-order valence-corrected chi connectivity index (χ2v) is 8.02. The van der Waals surface area contributed by atoms with Crippen molar-refractivity contribution in [2.45, 2.75) is 46.6 Å². The second kappa shape index (κ2) is 10.6. The normalized spacial score (nSPS) is 10.8. The van der Waals surface area contributed by atoms with Gasteiger partial charge >= 0.3 is 0 Å². The Hall–Kier alpha value is -3.41. The van der Waals surface area contributed by atoms with Gasteiger partial charge in [0.1, 0.15) is 11.5 Å². The summed E-state index contributed by atoms with van der Waals surface area (Å²) in [5.41, 5.74) is 3.20. The molecule has 0 atom stereocenters. The summed E-state index contributed by atoms with van der Waals surface area (Å²) in [6, 6.07) is 17.0. The van der Waals surface area contributed by atoms with Crippen molar-refractivity contribution in [3.05, 3.63) is 71.6 Å². The van der Waals surface area contributed by atoms with Crippen molar-refractivity contribution in [3.63, 3.8) is 0 Å². The number of amides is 2. The zero-order valence-corrected chi connectivity index (χ0v) is 18.3. The zero-order chi connectivity index (χ0) is 22.2. The van der Waals surface area contributed by atoms with E-state index in [9.17, 15) is 9.59 Å². The minimum atomic E-state index is -0.0681. The first kappa shape index (κ1) is 22.3. The molecule has 0 aliphatic carbocycles. The molecule has 0 fully saturated rings. The van der Waals surface area contributed by atoms with Crippen LogP contribution < -0.4 is 10.6 Å². The van der Waals surface area contributed by atoms with Crippen molar-refractivity contribution in [1.82, 2.24) is 10.3 Å². The van der Waals surface area contributed by atoms with Crippen LogP contribution in [0.5, 0.6) is 0 Å². The van der Waals surface area contributed by atoms with E-state index in [2.05, 4.69) is 29.5 Å². The lowest BCUT2D eigenvalue weighted by Gasteiger charge is -2.06. The summed E-state index contributed by atoms with van der Waals surface area (Å²) in [6.45, 7) is 6.38. The van der Waals surface area contributed by atoms with Gasteiger partial charge in [-0.2, -0.15) is 0 Å². The smallest absolute Gasteiger partial charge is 0.228 e. The highest BCUT2D eigenvalue weighted by Crippen LogP contribution is 2.23. The van der Waals surface area contributed by atoms with Crippen molar-refractivity contribution in [1.29, 1.82) is 0 Å². The summed E-state index contributed by atoms with van der Waals surface area (Å²) in [4.78, 5) is 28.7. The molecule has 0 bridgehead atoms. The minimum Gasteiger partial charge on any atom is -0.441 e. The van der Waals surface area contributed by atoms with E-state index in [-0.39, 0.29) is 11.8 Å². The molecule has 1 heterocycles. The Morgan fingerprint density at radius 1 is 1.00 bits per heavy atom. The second-order valence-electron chi connectivity index (χ2n) is 8.02. The van der Waals surface area contributed by atoms with E-state index >= 15 is 0 Å². The number of aryl methyl sites for hydroxylation is 1. The minimum absolute atomic E-state index is 0.0215. The molecule has 0 radical (unpaired) electrons. The number of rotatable bonds is 9. The molecule has 6 heteroatoms. The fourth-order valence-electron chi connectivity index (χ4n) is 3.09. The third-order valence-corrected chi connectivity index (χ3v) is 4.92. The van der Waals surface area contributed by atoms with Gasteiger partial charge in [0, 0.05) is 17.7 Å². The van der Waals surface area contributed by atoms with E-state index in [1.807, 2.05) is 61.5 Å². The van der Waals surface area contributed by atoms with Crippen molar-refractivity contribution in [2.75, 3.05) is 5.32 Å². The fraction of sp³-hybridized carbons (Fsp3) is 0.320. The maximum atomic E-state index is 12.2. The van der Waals surface area contributed by atoms with Crippen LogP contribution in [0.15, 0.2) is 59.0 Å². The lowest BCUT2D eigenvalue weighted by molar-refractivity contribution is -0.121. The number of benzene rings is 2. The van der Waals surface area contributed by atoms with E-state index < -0.39 is 0 Å². The van der Waals surface area contributed by atoms with E-state index in [1.165, 1.54) is 0 Å². The van der Waals surface area contributed by atoms with Gasteiger partial charge in [-0.3, -0.25) is 9.59 Å². The number of carbonyl (C=O) groups is 2. The van der Waals surface area contributed by atoms with Gasteiger partial charge in [0.05, 0.1) is 13.0 Å². The molecule has 2 amide bonds. The van der Waals surface area contributed by atoms with Gasteiger partial charge in [-0.15, -0.1) is 0 Å². The molecule has 0 unspecified atom stereocenters. The number of nitrogens with zero attached hydrogens (tertiary/aromatic N) is 1. The van der Waals surface area contributed by atoms with Gasteiger partial charge in [0.15, 0.2) is 0 Å². The van der Waals surface area contributed by atoms with Crippen molar-refractivity contribution in [3.8, 4) is 11.5 Å². The highest BCUT2D eigenvalue weighted by molar-refractivity contribution is 5.92. The van der Waals surface area contributed by atoms with Crippen LogP contribution in [-0.2, 0) is 22.6 Å². The van der Waals surface area contributed by atoms with Gasteiger partial charge in [-0.05, 0) is 49.1 Å². The number of nitrogens with one attached hydrogen (secondary N) is 2. The molecule has 2 N–H and O–H groups in total. The highest BCUT2D eigenvalue weighted by Gasteiger charge is 2.13. The summed E-state index contributed by atoms with van der Waals surface area (Å²) < 4.78 is 5.78. The highest BCUT2D eigenvalue weighted by atomic mass is 16.4. The molecule has 6 nitrogen and oxygen atoms in total. The number of hydrogen-bond acceptors (Lipinski definition) is 4. The predicted molar refractivity (Wildman–Crippen MR) is 121 cm³/mol. The van der Waals surface area contributed by atoms with Crippen LogP contribution in [0.4, 0.5) is 5.69 Å². The topological polar surface area (TPSA) is 84.2 Å². The summed E-state index contributed by atoms with van der Waals surface area (Å²) in [7, 11) is 0. The first-order chi connectivity index (χ1) is 14.9. The number of anilines is 1. The molecule has 0 aliphatic heterocycles. The lowest BCUT2D eigenvalue weighted by Crippen LogP contribution is -2.23. The molecule has 0 saturated carbocycles. The largest absolute Gasteiger partial charge is 0.441 e. The number of aromatic nitrogens is 1. The third kappa shape index (κ3) is 6.81. The Labute approximate surface area is 183 Å². The monoisotopic (exact) mass is 419 g/mol. The Balaban J connectivity index is 1.56. The van der Waals surface area contributed by atoms with Gasteiger partial charge in [0.2, 0.25) is 17.7 Å². The third-order valence-electron chi connectivity index (χ3n) is 4.92. The molecular weight excluding hydrogens is 390 g/mol. The van der Waals surface area contributed by atoms with Gasteiger partial charge in [-0.1, -0.05) is 44.2 Å². The van der Waals surface area contributed by atoms with E-state index in [4.69, 9.17) is 4.42 Å². The molecule has 0 aliphatic rings. The molecule has 162 valence electrons. The van der Waals surface area contributed by atoms with Crippen LogP contribution in [0.1, 0.15) is 43.7 Å². The molecule has 0 saturated heterocycles. The summed E-state index contributed by atoms with van der Waals surface area (Å²) >= 11 is 0. The molecule has 3 aromatic rings. The molecule has 2 aromatic carbocycles. The van der Waals surface area contributed by atoms with Gasteiger partial charge in [-0.25, -0.2) is 4.98 Å². The number of hydrogen-bond donors (Lipinski definition) is 2. The van der Waals surface area contributed by atoms with E-state index in [1.54, 1.807) is 0 Å². The summed E-state index contributed by atoms with van der Waals surface area (Å²) in [6.07, 6.45) is 1.70. The Kier molecular flexibility index (Phi) is 7.60. The van der Waals surface area contributed by atoms with E-state index in [0.717, 1.165) is 17.5 Å². The Morgan fingerprint density at radius 2 is 1.71 bits per heavy atom. The summed E-state index contributed by atoms with van der Waals surface area (Å²) in [5.74, 6) is 1.62. The van der Waals surface area contributed by atoms with Crippen LogP contribution in [0, 0.1) is 12.8 Å². The fourth-order valence-corrected chi connectivity index (χ4v) is 3.09. The van der Waals surface area contributed by atoms with Gasteiger partial charge in [0.25, 0.3) is 0 Å². The molecule has 1 aromatic heterocycles. The van der Waals surface area contributed by atoms with Crippen molar-refractivity contribution < 1.29 is 14.0 Å². The average molecular weight is 420 g/mol. The maximum Gasteiger partial charge on any atom is 0.228 e.